The van der Waals surface area contributed by atoms with Crippen LogP contribution in [0.1, 0.15) is 60.8 Å². The van der Waals surface area contributed by atoms with Crippen LogP contribution in [0.2, 0.25) is 0 Å². The average Bonchev–Trinajstić information content (AvgIpc) is 3.63. The van der Waals surface area contributed by atoms with Gasteiger partial charge in [0.25, 0.3) is 0 Å². The summed E-state index contributed by atoms with van der Waals surface area (Å²) in [4.78, 5) is 25.3. The second-order valence-electron chi connectivity index (χ2n) is 8.87. The van der Waals surface area contributed by atoms with Gasteiger partial charge in [-0.15, -0.1) is 0 Å². The maximum atomic E-state index is 12.8. The predicted molar refractivity (Wildman–Crippen MR) is 128 cm³/mol. The number of nitrogens with one attached hydrogen (secondary N) is 3. The van der Waals surface area contributed by atoms with Crippen LogP contribution < -0.4 is 20.7 Å². The van der Waals surface area contributed by atoms with Crippen molar-refractivity contribution in [2.75, 3.05) is 12.4 Å². The number of aromatic nitrogens is 2. The van der Waals surface area contributed by atoms with E-state index in [2.05, 4.69) is 16.0 Å². The Morgan fingerprint density at radius 2 is 1.91 bits per heavy atom. The lowest BCUT2D eigenvalue weighted by atomic mass is 10.0. The van der Waals surface area contributed by atoms with E-state index in [1.807, 2.05) is 60.7 Å². The van der Waals surface area contributed by atoms with Crippen molar-refractivity contribution >= 4 is 17.6 Å². The van der Waals surface area contributed by atoms with Crippen LogP contribution in [0.25, 0.3) is 0 Å². The number of rotatable bonds is 8. The molecule has 1 saturated heterocycles. The summed E-state index contributed by atoms with van der Waals surface area (Å²) in [7, 11) is 1.63. The molecule has 0 bridgehead atoms. The van der Waals surface area contributed by atoms with Gasteiger partial charge in [-0.2, -0.15) is 5.10 Å². The van der Waals surface area contributed by atoms with Gasteiger partial charge in [0.05, 0.1) is 12.8 Å². The summed E-state index contributed by atoms with van der Waals surface area (Å²) in [6.45, 7) is 0. The molecule has 2 atom stereocenters. The minimum absolute atomic E-state index is 0.0575. The van der Waals surface area contributed by atoms with Crippen LogP contribution in [0.4, 0.5) is 5.82 Å². The molecular formula is C26H29N5O3. The lowest BCUT2D eigenvalue weighted by Gasteiger charge is -2.32. The predicted octanol–water partition coefficient (Wildman–Crippen LogP) is 3.65. The Morgan fingerprint density at radius 1 is 1.15 bits per heavy atom. The SMILES string of the molecule is COc1ccc(CCC(=O)Nc2cc(C3CC3)nn2C2NC(=O)CC(c3ccccc3)N2)cc1. The van der Waals surface area contributed by atoms with Crippen LogP contribution in [0.5, 0.6) is 5.75 Å². The van der Waals surface area contributed by atoms with E-state index in [0.717, 1.165) is 35.4 Å². The molecule has 176 valence electrons. The first-order valence-electron chi connectivity index (χ1n) is 11.7. The van der Waals surface area contributed by atoms with Crippen LogP contribution in [-0.2, 0) is 16.0 Å². The molecule has 1 aliphatic heterocycles. The summed E-state index contributed by atoms with van der Waals surface area (Å²) in [5, 5.41) is 14.2. The van der Waals surface area contributed by atoms with Crippen molar-refractivity contribution in [3.8, 4) is 5.75 Å². The molecule has 2 fully saturated rings. The Bertz CT molecular complexity index is 1150. The molecule has 0 radical (unpaired) electrons. The van der Waals surface area contributed by atoms with E-state index in [1.165, 1.54) is 0 Å². The van der Waals surface area contributed by atoms with E-state index in [-0.39, 0.29) is 17.9 Å². The van der Waals surface area contributed by atoms with Crippen molar-refractivity contribution in [2.45, 2.75) is 50.4 Å². The maximum absolute atomic E-state index is 12.8. The fraction of sp³-hybridized carbons (Fsp3) is 0.346. The highest BCUT2D eigenvalue weighted by Gasteiger charge is 2.33. The number of amides is 2. The zero-order valence-electron chi connectivity index (χ0n) is 19.2. The Hall–Kier alpha value is -3.65. The molecule has 8 heteroatoms. The molecule has 2 heterocycles. The Balaban J connectivity index is 1.30. The van der Waals surface area contributed by atoms with Crippen LogP contribution in [0.15, 0.2) is 60.7 Å². The summed E-state index contributed by atoms with van der Waals surface area (Å²) in [6, 6.07) is 19.4. The van der Waals surface area contributed by atoms with Gasteiger partial charge in [0.15, 0.2) is 6.29 Å². The highest BCUT2D eigenvalue weighted by atomic mass is 16.5. The van der Waals surface area contributed by atoms with E-state index < -0.39 is 6.29 Å². The Morgan fingerprint density at radius 3 is 2.62 bits per heavy atom. The third kappa shape index (κ3) is 5.12. The van der Waals surface area contributed by atoms with Crippen LogP contribution >= 0.6 is 0 Å². The van der Waals surface area contributed by atoms with E-state index >= 15 is 0 Å². The second kappa shape index (κ2) is 9.69. The van der Waals surface area contributed by atoms with Gasteiger partial charge in [-0.1, -0.05) is 42.5 Å². The smallest absolute Gasteiger partial charge is 0.225 e. The third-order valence-electron chi connectivity index (χ3n) is 6.31. The zero-order chi connectivity index (χ0) is 23.5. The minimum atomic E-state index is -0.546. The number of carbonyl (C=O) groups is 2. The summed E-state index contributed by atoms with van der Waals surface area (Å²) >= 11 is 0. The number of methoxy groups -OCH3 is 1. The van der Waals surface area contributed by atoms with E-state index in [0.29, 0.717) is 31.0 Å². The van der Waals surface area contributed by atoms with Gasteiger partial charge < -0.3 is 15.4 Å². The number of hydrogen-bond donors (Lipinski definition) is 3. The van der Waals surface area contributed by atoms with Crippen molar-refractivity contribution in [1.82, 2.24) is 20.4 Å². The molecule has 1 saturated carbocycles. The van der Waals surface area contributed by atoms with E-state index in [9.17, 15) is 9.59 Å². The number of aryl methyl sites for hydroxylation is 1. The van der Waals surface area contributed by atoms with Gasteiger partial charge in [0.1, 0.15) is 11.6 Å². The standard InChI is InChI=1S/C26H29N5O3/c1-34-20-12-7-17(8-13-20)9-14-24(32)28-23-15-22(19-10-11-19)30-31(23)26-27-21(16-25(33)29-26)18-5-3-2-4-6-18/h2-8,12-13,15,19,21,26-27H,9-11,14,16H2,1H3,(H,28,32)(H,29,33). The molecule has 1 aromatic heterocycles. The van der Waals surface area contributed by atoms with E-state index in [1.54, 1.807) is 11.8 Å². The number of carbonyl (C=O) groups excluding carboxylic acids is 2. The normalized spacial score (nSPS) is 20.0. The Labute approximate surface area is 198 Å². The average molecular weight is 460 g/mol. The highest BCUT2D eigenvalue weighted by molar-refractivity contribution is 5.90. The molecule has 3 aromatic rings. The molecule has 5 rings (SSSR count). The van der Waals surface area contributed by atoms with Crippen molar-refractivity contribution in [3.05, 3.63) is 77.5 Å². The largest absolute Gasteiger partial charge is 0.497 e. The number of anilines is 1. The molecule has 2 aliphatic rings. The van der Waals surface area contributed by atoms with Gasteiger partial charge in [-0.05, 0) is 42.5 Å². The van der Waals surface area contributed by atoms with Crippen molar-refractivity contribution in [2.24, 2.45) is 0 Å². The summed E-state index contributed by atoms with van der Waals surface area (Å²) < 4.78 is 6.89. The van der Waals surface area contributed by atoms with Crippen LogP contribution in [-0.4, -0.2) is 28.7 Å². The molecule has 1 aliphatic carbocycles. The number of hydrogen-bond acceptors (Lipinski definition) is 5. The lowest BCUT2D eigenvalue weighted by Crippen LogP contribution is -2.50. The zero-order valence-corrected chi connectivity index (χ0v) is 19.2. The summed E-state index contributed by atoms with van der Waals surface area (Å²) in [5.74, 6) is 1.65. The lowest BCUT2D eigenvalue weighted by molar-refractivity contribution is -0.125. The van der Waals surface area contributed by atoms with Gasteiger partial charge in [0, 0.05) is 30.9 Å². The van der Waals surface area contributed by atoms with Crippen LogP contribution in [0.3, 0.4) is 0 Å². The summed E-state index contributed by atoms with van der Waals surface area (Å²) in [6.07, 6.45) is 2.95. The van der Waals surface area contributed by atoms with Crippen molar-refractivity contribution in [3.63, 3.8) is 0 Å². The first-order valence-corrected chi connectivity index (χ1v) is 11.7. The molecular weight excluding hydrogens is 430 g/mol. The van der Waals surface area contributed by atoms with Gasteiger partial charge >= 0.3 is 0 Å². The van der Waals surface area contributed by atoms with Gasteiger partial charge in [-0.25, -0.2) is 4.68 Å². The topological polar surface area (TPSA) is 97.3 Å². The van der Waals surface area contributed by atoms with E-state index in [4.69, 9.17) is 9.84 Å². The summed E-state index contributed by atoms with van der Waals surface area (Å²) in [5.41, 5.74) is 3.06. The molecule has 2 aromatic carbocycles. The number of nitrogens with zero attached hydrogens (tertiary/aromatic N) is 2. The molecule has 2 unspecified atom stereocenters. The van der Waals surface area contributed by atoms with Crippen LogP contribution in [0, 0.1) is 0 Å². The minimum Gasteiger partial charge on any atom is -0.497 e. The first-order chi connectivity index (χ1) is 16.6. The molecule has 0 spiro atoms. The maximum Gasteiger partial charge on any atom is 0.225 e. The quantitative estimate of drug-likeness (QED) is 0.478. The molecule has 2 amide bonds. The molecule has 34 heavy (non-hydrogen) atoms. The van der Waals surface area contributed by atoms with Gasteiger partial charge in [0.2, 0.25) is 11.8 Å². The fourth-order valence-corrected chi connectivity index (χ4v) is 4.26. The highest BCUT2D eigenvalue weighted by Crippen LogP contribution is 2.40. The van der Waals surface area contributed by atoms with Crippen molar-refractivity contribution in [1.29, 1.82) is 0 Å². The number of ether oxygens (including phenoxy) is 1. The molecule has 3 N–H and O–H groups in total. The number of benzene rings is 2. The van der Waals surface area contributed by atoms with Gasteiger partial charge in [-0.3, -0.25) is 14.9 Å². The second-order valence-corrected chi connectivity index (χ2v) is 8.87. The molecule has 8 nitrogen and oxygen atoms in total. The third-order valence-corrected chi connectivity index (χ3v) is 6.31. The van der Waals surface area contributed by atoms with Crippen molar-refractivity contribution < 1.29 is 14.3 Å². The monoisotopic (exact) mass is 459 g/mol. The first kappa shape index (κ1) is 22.2. The Kier molecular flexibility index (Phi) is 6.31. The fourth-order valence-electron chi connectivity index (χ4n) is 4.26.